The van der Waals surface area contributed by atoms with Crippen molar-refractivity contribution in [3.05, 3.63) is 66.0 Å². The number of quaternary nitrogens is 1. The van der Waals surface area contributed by atoms with Crippen molar-refractivity contribution in [3.63, 3.8) is 0 Å². The molecule has 1 aliphatic rings. The Morgan fingerprint density at radius 3 is 2.44 bits per heavy atom. The number of carbonyl (C=O) groups is 1. The topological polar surface area (TPSA) is 33.5 Å². The van der Waals surface area contributed by atoms with Crippen LogP contribution in [0.3, 0.4) is 0 Å². The van der Waals surface area contributed by atoms with Gasteiger partial charge in [-0.1, -0.05) is 42.5 Å². The Labute approximate surface area is 148 Å². The quantitative estimate of drug-likeness (QED) is 0.861. The molecule has 25 heavy (non-hydrogen) atoms. The van der Waals surface area contributed by atoms with Gasteiger partial charge < -0.3 is 10.2 Å². The molecule has 0 saturated carbocycles. The van der Waals surface area contributed by atoms with Crippen LogP contribution in [0.25, 0.3) is 0 Å². The molecule has 2 aromatic rings. The van der Waals surface area contributed by atoms with Crippen LogP contribution in [0.4, 0.5) is 10.1 Å². The third kappa shape index (κ3) is 4.67. The third-order valence-corrected chi connectivity index (χ3v) is 5.25. The molecule has 1 heterocycles. The van der Waals surface area contributed by atoms with Gasteiger partial charge >= 0.3 is 0 Å². The summed E-state index contributed by atoms with van der Waals surface area (Å²) in [7, 11) is 0. The molecule has 1 atom stereocenters. The molecule has 2 N–H and O–H groups in total. The van der Waals surface area contributed by atoms with Crippen molar-refractivity contribution in [2.24, 2.45) is 5.92 Å². The van der Waals surface area contributed by atoms with Gasteiger partial charge in [0.1, 0.15) is 5.82 Å². The maximum absolute atomic E-state index is 13.7. The maximum atomic E-state index is 13.7. The van der Waals surface area contributed by atoms with Gasteiger partial charge in [0, 0.05) is 0 Å². The van der Waals surface area contributed by atoms with Crippen molar-refractivity contribution in [1.82, 2.24) is 0 Å². The van der Waals surface area contributed by atoms with Gasteiger partial charge in [-0.25, -0.2) is 4.39 Å². The number of para-hydroxylation sites is 1. The minimum Gasteiger partial charge on any atom is -0.325 e. The van der Waals surface area contributed by atoms with E-state index in [2.05, 4.69) is 29.6 Å². The summed E-state index contributed by atoms with van der Waals surface area (Å²) in [4.78, 5) is 13.7. The lowest BCUT2D eigenvalue weighted by atomic mass is 9.89. The number of piperidine rings is 1. The van der Waals surface area contributed by atoms with Crippen LogP contribution in [0, 0.1) is 11.7 Å². The van der Waals surface area contributed by atoms with E-state index in [0.717, 1.165) is 32.4 Å². The molecule has 3 nitrogen and oxygen atoms in total. The molecular weight excluding hydrogens is 315 g/mol. The zero-order valence-corrected chi connectivity index (χ0v) is 14.7. The number of likely N-dealkylation sites (tertiary alicyclic amines) is 1. The second-order valence-electron chi connectivity index (χ2n) is 6.98. The van der Waals surface area contributed by atoms with Crippen molar-refractivity contribution in [3.8, 4) is 0 Å². The predicted molar refractivity (Wildman–Crippen MR) is 98.1 cm³/mol. The number of benzene rings is 2. The summed E-state index contributed by atoms with van der Waals surface area (Å²) in [6, 6.07) is 16.7. The fraction of sp³-hybridized carbons (Fsp3) is 0.381. The van der Waals surface area contributed by atoms with E-state index in [-0.39, 0.29) is 23.5 Å². The molecule has 1 fully saturated rings. The summed E-state index contributed by atoms with van der Waals surface area (Å²) in [6.07, 6.45) is 3.37. The fourth-order valence-corrected chi connectivity index (χ4v) is 3.62. The highest BCUT2D eigenvalue weighted by atomic mass is 19.1. The number of hydrogen-bond donors (Lipinski definition) is 2. The lowest BCUT2D eigenvalue weighted by molar-refractivity contribution is -0.919. The first-order valence-electron chi connectivity index (χ1n) is 9.07. The fourth-order valence-electron chi connectivity index (χ4n) is 3.62. The van der Waals surface area contributed by atoms with E-state index in [0.29, 0.717) is 5.92 Å². The van der Waals surface area contributed by atoms with Crippen LogP contribution in [0.1, 0.15) is 25.3 Å². The Bertz CT molecular complexity index is 696. The molecule has 1 amide bonds. The Balaban J connectivity index is 1.50. The van der Waals surface area contributed by atoms with Crippen molar-refractivity contribution in [2.45, 2.75) is 32.2 Å². The lowest BCUT2D eigenvalue weighted by Crippen LogP contribution is -3.17. The van der Waals surface area contributed by atoms with Gasteiger partial charge in [-0.3, -0.25) is 4.79 Å². The standard InChI is InChI=1S/C21H25FN2O/c1-16(21(25)23-20-10-6-5-9-19(20)22)24-13-11-18(12-14-24)15-17-7-3-2-4-8-17/h2-10,16,18H,11-15H2,1H3,(H,23,25)/p+1/t16-/m0/s1. The molecule has 1 aliphatic heterocycles. The lowest BCUT2D eigenvalue weighted by Gasteiger charge is -2.32. The highest BCUT2D eigenvalue weighted by Gasteiger charge is 2.30. The summed E-state index contributed by atoms with van der Waals surface area (Å²) in [5.41, 5.74) is 1.65. The van der Waals surface area contributed by atoms with Gasteiger partial charge in [0.2, 0.25) is 0 Å². The van der Waals surface area contributed by atoms with Crippen LogP contribution in [0.2, 0.25) is 0 Å². The monoisotopic (exact) mass is 341 g/mol. The highest BCUT2D eigenvalue weighted by Crippen LogP contribution is 2.17. The van der Waals surface area contributed by atoms with Gasteiger partial charge in [0.25, 0.3) is 5.91 Å². The van der Waals surface area contributed by atoms with Crippen LogP contribution >= 0.6 is 0 Å². The van der Waals surface area contributed by atoms with Crippen molar-refractivity contribution < 1.29 is 14.1 Å². The SMILES string of the molecule is C[C@@H](C(=O)Nc1ccccc1F)[NH+]1CCC(Cc2ccccc2)CC1. The highest BCUT2D eigenvalue weighted by molar-refractivity contribution is 5.93. The van der Waals surface area contributed by atoms with Gasteiger partial charge in [-0.2, -0.15) is 0 Å². The largest absolute Gasteiger partial charge is 0.325 e. The molecule has 132 valence electrons. The second-order valence-corrected chi connectivity index (χ2v) is 6.98. The number of halogens is 1. The van der Waals surface area contributed by atoms with Crippen molar-refractivity contribution >= 4 is 11.6 Å². The Hall–Kier alpha value is -2.20. The molecule has 2 aromatic carbocycles. The average molecular weight is 341 g/mol. The normalized spacial score (nSPS) is 21.5. The predicted octanol–water partition coefficient (Wildman–Crippen LogP) is 2.69. The molecule has 3 rings (SSSR count). The summed E-state index contributed by atoms with van der Waals surface area (Å²) in [5.74, 6) is 0.189. The first kappa shape index (κ1) is 17.6. The second kappa shape index (κ2) is 8.26. The van der Waals surface area contributed by atoms with Crippen molar-refractivity contribution in [2.75, 3.05) is 18.4 Å². The summed E-state index contributed by atoms with van der Waals surface area (Å²) >= 11 is 0. The molecule has 0 aliphatic carbocycles. The van der Waals surface area contributed by atoms with E-state index in [9.17, 15) is 9.18 Å². The first-order chi connectivity index (χ1) is 12.1. The van der Waals surface area contributed by atoms with E-state index < -0.39 is 0 Å². The third-order valence-electron chi connectivity index (χ3n) is 5.25. The summed E-state index contributed by atoms with van der Waals surface area (Å²) in [6.45, 7) is 3.91. The minimum atomic E-state index is -0.389. The Morgan fingerprint density at radius 2 is 1.76 bits per heavy atom. The summed E-state index contributed by atoms with van der Waals surface area (Å²) in [5, 5.41) is 2.72. The zero-order chi connectivity index (χ0) is 17.6. The van der Waals surface area contributed by atoms with E-state index >= 15 is 0 Å². The maximum Gasteiger partial charge on any atom is 0.282 e. The van der Waals surface area contributed by atoms with Crippen LogP contribution in [-0.2, 0) is 11.2 Å². The van der Waals surface area contributed by atoms with Gasteiger partial charge in [-0.05, 0) is 49.8 Å². The number of nitrogens with one attached hydrogen (secondary N) is 2. The molecule has 0 unspecified atom stereocenters. The van der Waals surface area contributed by atoms with Gasteiger partial charge in [-0.15, -0.1) is 0 Å². The van der Waals surface area contributed by atoms with E-state index in [1.807, 2.05) is 13.0 Å². The Morgan fingerprint density at radius 1 is 1.12 bits per heavy atom. The number of rotatable bonds is 5. The van der Waals surface area contributed by atoms with Gasteiger partial charge in [0.15, 0.2) is 6.04 Å². The molecular formula is C21H26FN2O+. The number of amides is 1. The molecule has 1 saturated heterocycles. The first-order valence-corrected chi connectivity index (χ1v) is 9.07. The van der Waals surface area contributed by atoms with E-state index in [4.69, 9.17) is 0 Å². The van der Waals surface area contributed by atoms with E-state index in [1.165, 1.54) is 16.5 Å². The number of carbonyl (C=O) groups excluding carboxylic acids is 1. The van der Waals surface area contributed by atoms with E-state index in [1.54, 1.807) is 18.2 Å². The molecule has 0 bridgehead atoms. The van der Waals surface area contributed by atoms with Crippen LogP contribution in [-0.4, -0.2) is 25.0 Å². The smallest absolute Gasteiger partial charge is 0.282 e. The molecule has 0 radical (unpaired) electrons. The van der Waals surface area contributed by atoms with Gasteiger partial charge in [0.05, 0.1) is 18.8 Å². The number of anilines is 1. The zero-order valence-electron chi connectivity index (χ0n) is 14.7. The minimum absolute atomic E-state index is 0.110. The molecule has 0 aromatic heterocycles. The molecule has 0 spiro atoms. The van der Waals surface area contributed by atoms with Crippen LogP contribution in [0.15, 0.2) is 54.6 Å². The summed E-state index contributed by atoms with van der Waals surface area (Å²) < 4.78 is 13.7. The van der Waals surface area contributed by atoms with Crippen molar-refractivity contribution in [1.29, 1.82) is 0 Å². The Kier molecular flexibility index (Phi) is 5.82. The van der Waals surface area contributed by atoms with Crippen LogP contribution in [0.5, 0.6) is 0 Å². The van der Waals surface area contributed by atoms with Crippen LogP contribution < -0.4 is 10.2 Å². The average Bonchev–Trinajstić information content (AvgIpc) is 2.64. The molecule has 4 heteroatoms. The number of hydrogen-bond acceptors (Lipinski definition) is 1.